The standard InChI is InChI=1S/C18H22N4OS/c1-18(2,12-19)21(3)16(23)11-22-10-6-8-14(22)17-20-13-7-4-5-9-15(13)24-17/h4-5,7,9,14H,6,8,10-11H2,1-3H3. The van der Waals surface area contributed by atoms with Crippen molar-refractivity contribution in [1.82, 2.24) is 14.8 Å². The molecule has 6 heteroatoms. The van der Waals surface area contributed by atoms with E-state index < -0.39 is 5.54 Å². The van der Waals surface area contributed by atoms with E-state index in [-0.39, 0.29) is 11.9 Å². The summed E-state index contributed by atoms with van der Waals surface area (Å²) in [6.45, 7) is 4.76. The second kappa shape index (κ2) is 6.50. The topological polar surface area (TPSA) is 60.2 Å². The predicted octanol–water partition coefficient (Wildman–Crippen LogP) is 3.19. The van der Waals surface area contributed by atoms with E-state index in [1.165, 1.54) is 4.70 Å². The summed E-state index contributed by atoms with van der Waals surface area (Å²) in [6.07, 6.45) is 2.09. The van der Waals surface area contributed by atoms with Crippen molar-refractivity contribution in [2.45, 2.75) is 38.3 Å². The first-order valence-electron chi connectivity index (χ1n) is 8.20. The van der Waals surface area contributed by atoms with E-state index in [0.29, 0.717) is 6.54 Å². The van der Waals surface area contributed by atoms with Gasteiger partial charge in [0.15, 0.2) is 0 Å². The fourth-order valence-electron chi connectivity index (χ4n) is 2.99. The summed E-state index contributed by atoms with van der Waals surface area (Å²) in [5, 5.41) is 10.3. The summed E-state index contributed by atoms with van der Waals surface area (Å²) in [5.74, 6) is -0.0189. The zero-order valence-corrected chi connectivity index (χ0v) is 15.1. The van der Waals surface area contributed by atoms with Crippen LogP contribution in [0.15, 0.2) is 24.3 Å². The molecule has 2 aromatic rings. The highest BCUT2D eigenvalue weighted by molar-refractivity contribution is 7.18. The van der Waals surface area contributed by atoms with Gasteiger partial charge in [0.1, 0.15) is 10.5 Å². The maximum atomic E-state index is 12.6. The lowest BCUT2D eigenvalue weighted by atomic mass is 10.1. The van der Waals surface area contributed by atoms with E-state index >= 15 is 0 Å². The van der Waals surface area contributed by atoms with Crippen LogP contribution in [-0.4, -0.2) is 46.4 Å². The molecule has 126 valence electrons. The average Bonchev–Trinajstić information content (AvgIpc) is 3.19. The van der Waals surface area contributed by atoms with Gasteiger partial charge in [-0.3, -0.25) is 9.69 Å². The number of para-hydroxylation sites is 1. The van der Waals surface area contributed by atoms with Crippen molar-refractivity contribution >= 4 is 27.5 Å². The molecule has 1 fully saturated rings. The zero-order valence-electron chi connectivity index (χ0n) is 14.3. The van der Waals surface area contributed by atoms with Crippen LogP contribution in [0.2, 0.25) is 0 Å². The third-order valence-corrected chi connectivity index (χ3v) is 5.92. The second-order valence-corrected chi connectivity index (χ2v) is 7.83. The van der Waals surface area contributed by atoms with Gasteiger partial charge in [-0.15, -0.1) is 11.3 Å². The number of nitrogens with zero attached hydrogens (tertiary/aromatic N) is 4. The molecule has 0 bridgehead atoms. The molecule has 3 rings (SSSR count). The van der Waals surface area contributed by atoms with E-state index in [1.807, 2.05) is 18.2 Å². The maximum absolute atomic E-state index is 12.6. The predicted molar refractivity (Wildman–Crippen MR) is 95.6 cm³/mol. The van der Waals surface area contributed by atoms with Crippen molar-refractivity contribution in [1.29, 1.82) is 5.26 Å². The summed E-state index contributed by atoms with van der Waals surface area (Å²) < 4.78 is 1.19. The third-order valence-electron chi connectivity index (χ3n) is 4.78. The summed E-state index contributed by atoms with van der Waals surface area (Å²) in [6, 6.07) is 10.5. The van der Waals surface area contributed by atoms with Crippen LogP contribution in [0.1, 0.15) is 37.7 Å². The van der Waals surface area contributed by atoms with E-state index in [0.717, 1.165) is 29.9 Å². The Labute approximate surface area is 146 Å². The Bertz CT molecular complexity index is 759. The van der Waals surface area contributed by atoms with Gasteiger partial charge >= 0.3 is 0 Å². The van der Waals surface area contributed by atoms with Crippen molar-refractivity contribution < 1.29 is 4.79 Å². The number of hydrogen-bond acceptors (Lipinski definition) is 5. The number of likely N-dealkylation sites (N-methyl/N-ethyl adjacent to an activating group) is 1. The summed E-state index contributed by atoms with van der Waals surface area (Å²) >= 11 is 1.71. The number of hydrogen-bond donors (Lipinski definition) is 0. The lowest BCUT2D eigenvalue weighted by Gasteiger charge is -2.32. The number of benzene rings is 1. The first-order chi connectivity index (χ1) is 11.4. The SMILES string of the molecule is CN(C(=O)CN1CCCC1c1nc2ccccc2s1)C(C)(C)C#N. The molecule has 5 nitrogen and oxygen atoms in total. The highest BCUT2D eigenvalue weighted by Gasteiger charge is 2.33. The molecule has 0 aliphatic carbocycles. The Kier molecular flexibility index (Phi) is 4.57. The first-order valence-corrected chi connectivity index (χ1v) is 9.01. The van der Waals surface area contributed by atoms with Gasteiger partial charge in [-0.25, -0.2) is 4.98 Å². The fraction of sp³-hybridized carbons (Fsp3) is 0.500. The normalized spacial score (nSPS) is 18.7. The van der Waals surface area contributed by atoms with Gasteiger partial charge in [-0.2, -0.15) is 5.26 Å². The summed E-state index contributed by atoms with van der Waals surface area (Å²) in [4.78, 5) is 21.1. The van der Waals surface area contributed by atoms with Gasteiger partial charge < -0.3 is 4.90 Å². The molecule has 1 aliphatic heterocycles. The number of fused-ring (bicyclic) bond motifs is 1. The van der Waals surface area contributed by atoms with Crippen LogP contribution in [0.5, 0.6) is 0 Å². The number of likely N-dealkylation sites (tertiary alicyclic amines) is 1. The summed E-state index contributed by atoms with van der Waals surface area (Å²) in [7, 11) is 1.70. The van der Waals surface area contributed by atoms with Crippen molar-refractivity contribution in [2.24, 2.45) is 0 Å². The van der Waals surface area contributed by atoms with Gasteiger partial charge in [0.2, 0.25) is 5.91 Å². The highest BCUT2D eigenvalue weighted by Crippen LogP contribution is 2.36. The number of nitriles is 1. The molecule has 0 radical (unpaired) electrons. The highest BCUT2D eigenvalue weighted by atomic mass is 32.1. The molecule has 2 heterocycles. The van der Waals surface area contributed by atoms with Crippen molar-refractivity contribution in [2.75, 3.05) is 20.1 Å². The number of carbonyl (C=O) groups is 1. The Morgan fingerprint density at radius 3 is 2.96 bits per heavy atom. The van der Waals surface area contributed by atoms with Crippen molar-refractivity contribution in [3.05, 3.63) is 29.3 Å². The van der Waals surface area contributed by atoms with Gasteiger partial charge in [-0.05, 0) is 45.4 Å². The molecule has 0 saturated carbocycles. The second-order valence-electron chi connectivity index (χ2n) is 6.77. The fourth-order valence-corrected chi connectivity index (χ4v) is 4.13. The van der Waals surface area contributed by atoms with Gasteiger partial charge in [0.25, 0.3) is 0 Å². The Morgan fingerprint density at radius 1 is 1.50 bits per heavy atom. The van der Waals surface area contributed by atoms with E-state index in [2.05, 4.69) is 17.0 Å². The van der Waals surface area contributed by atoms with Crippen LogP contribution in [0, 0.1) is 11.3 Å². The number of carbonyl (C=O) groups excluding carboxylic acids is 1. The minimum Gasteiger partial charge on any atom is -0.326 e. The third kappa shape index (κ3) is 3.14. The number of aromatic nitrogens is 1. The van der Waals surface area contributed by atoms with E-state index in [4.69, 9.17) is 4.98 Å². The van der Waals surface area contributed by atoms with Gasteiger partial charge in [0, 0.05) is 7.05 Å². The lowest BCUT2D eigenvalue weighted by molar-refractivity contribution is -0.134. The molecular weight excluding hydrogens is 320 g/mol. The smallest absolute Gasteiger partial charge is 0.237 e. The van der Waals surface area contributed by atoms with Crippen LogP contribution in [-0.2, 0) is 4.79 Å². The molecule has 1 aromatic heterocycles. The number of thiazole rings is 1. The van der Waals surface area contributed by atoms with E-state index in [1.54, 1.807) is 37.1 Å². The zero-order chi connectivity index (χ0) is 17.3. The lowest BCUT2D eigenvalue weighted by Crippen LogP contribution is -2.48. The molecule has 1 aliphatic rings. The van der Waals surface area contributed by atoms with Crippen LogP contribution in [0.25, 0.3) is 10.2 Å². The van der Waals surface area contributed by atoms with Gasteiger partial charge in [0.05, 0.1) is 28.9 Å². The Morgan fingerprint density at radius 2 is 2.25 bits per heavy atom. The van der Waals surface area contributed by atoms with Crippen molar-refractivity contribution in [3.8, 4) is 6.07 Å². The molecule has 1 saturated heterocycles. The molecule has 0 spiro atoms. The monoisotopic (exact) mass is 342 g/mol. The average molecular weight is 342 g/mol. The Balaban J connectivity index is 1.76. The molecule has 0 N–H and O–H groups in total. The molecule has 24 heavy (non-hydrogen) atoms. The number of rotatable bonds is 4. The summed E-state index contributed by atoms with van der Waals surface area (Å²) in [5.41, 5.74) is 0.237. The number of amides is 1. The maximum Gasteiger partial charge on any atom is 0.237 e. The molecule has 1 aromatic carbocycles. The van der Waals surface area contributed by atoms with Crippen LogP contribution in [0.4, 0.5) is 0 Å². The quantitative estimate of drug-likeness (QED) is 0.856. The van der Waals surface area contributed by atoms with E-state index in [9.17, 15) is 10.1 Å². The molecule has 1 amide bonds. The Hall–Kier alpha value is -1.97. The minimum absolute atomic E-state index is 0.0189. The van der Waals surface area contributed by atoms with Crippen LogP contribution >= 0.6 is 11.3 Å². The minimum atomic E-state index is -0.790. The van der Waals surface area contributed by atoms with Gasteiger partial charge in [-0.1, -0.05) is 12.1 Å². The first kappa shape index (κ1) is 16.9. The van der Waals surface area contributed by atoms with Crippen LogP contribution in [0.3, 0.4) is 0 Å². The largest absolute Gasteiger partial charge is 0.326 e. The molecular formula is C18H22N4OS. The van der Waals surface area contributed by atoms with Crippen LogP contribution < -0.4 is 0 Å². The van der Waals surface area contributed by atoms with Crippen molar-refractivity contribution in [3.63, 3.8) is 0 Å². The molecule has 1 unspecified atom stereocenters. The molecule has 1 atom stereocenters.